The molecule has 0 saturated heterocycles. The molecule has 0 unspecified atom stereocenters. The molecule has 152 valence electrons. The van der Waals surface area contributed by atoms with E-state index in [1.807, 2.05) is 38.1 Å². The first-order valence-corrected chi connectivity index (χ1v) is 9.31. The monoisotopic (exact) mass is 402 g/mol. The Bertz CT molecular complexity index is 1000. The molecule has 1 aromatic carbocycles. The van der Waals surface area contributed by atoms with Gasteiger partial charge in [0, 0.05) is 43.2 Å². The Balaban J connectivity index is 1.71. The number of anilines is 1. The lowest BCUT2D eigenvalue weighted by Gasteiger charge is -2.11. The number of halogens is 3. The van der Waals surface area contributed by atoms with E-state index in [9.17, 15) is 13.2 Å². The highest BCUT2D eigenvalue weighted by Crippen LogP contribution is 2.42. The van der Waals surface area contributed by atoms with E-state index < -0.39 is 6.36 Å². The van der Waals surface area contributed by atoms with Gasteiger partial charge < -0.3 is 14.2 Å². The Kier molecular flexibility index (Phi) is 4.72. The zero-order valence-electron chi connectivity index (χ0n) is 16.4. The summed E-state index contributed by atoms with van der Waals surface area (Å²) in [4.78, 5) is 11.2. The molecule has 2 heterocycles. The number of rotatable bonds is 5. The Morgan fingerprint density at radius 2 is 1.69 bits per heavy atom. The molecule has 1 fully saturated rings. The number of pyridine rings is 1. The molecule has 1 saturated carbocycles. The van der Waals surface area contributed by atoms with Crippen molar-refractivity contribution in [2.45, 2.75) is 32.2 Å². The third-order valence-electron chi connectivity index (χ3n) is 4.89. The van der Waals surface area contributed by atoms with Gasteiger partial charge in [0.15, 0.2) is 0 Å². The summed E-state index contributed by atoms with van der Waals surface area (Å²) in [6.07, 6.45) is -0.775. The van der Waals surface area contributed by atoms with Crippen LogP contribution in [0.25, 0.3) is 22.6 Å². The third-order valence-corrected chi connectivity index (χ3v) is 4.89. The second-order valence-corrected chi connectivity index (χ2v) is 7.34. The van der Waals surface area contributed by atoms with Crippen LogP contribution in [0.1, 0.15) is 24.6 Å². The van der Waals surface area contributed by atoms with Crippen LogP contribution in [0, 0.1) is 6.92 Å². The van der Waals surface area contributed by atoms with Gasteiger partial charge in [-0.15, -0.1) is 13.2 Å². The quantitative estimate of drug-likeness (QED) is 0.587. The van der Waals surface area contributed by atoms with Crippen LogP contribution in [0.4, 0.5) is 19.0 Å². The molecule has 0 radical (unpaired) electrons. The molecule has 4 rings (SSSR count). The number of hydrogen-bond acceptors (Lipinski definition) is 4. The van der Waals surface area contributed by atoms with Crippen LogP contribution in [0.3, 0.4) is 0 Å². The summed E-state index contributed by atoms with van der Waals surface area (Å²) in [5, 5.41) is 0. The standard InChI is InChI=1S/C21H21F3N4O/c1-13-19(15-6-11-18(25-12-15)27(2)3)26-20(28(13)16-7-8-16)14-4-9-17(10-5-14)29-21(22,23)24/h4-6,9-12,16H,7-8H2,1-3H3. The second kappa shape index (κ2) is 7.09. The van der Waals surface area contributed by atoms with E-state index in [-0.39, 0.29) is 5.75 Å². The van der Waals surface area contributed by atoms with Gasteiger partial charge in [-0.3, -0.25) is 0 Å². The molecule has 1 aliphatic rings. The fourth-order valence-corrected chi connectivity index (χ4v) is 3.37. The van der Waals surface area contributed by atoms with E-state index in [2.05, 4.69) is 14.3 Å². The van der Waals surface area contributed by atoms with Crippen molar-refractivity contribution in [3.8, 4) is 28.4 Å². The Morgan fingerprint density at radius 3 is 2.21 bits per heavy atom. The highest BCUT2D eigenvalue weighted by Gasteiger charge is 2.32. The Morgan fingerprint density at radius 1 is 1.03 bits per heavy atom. The van der Waals surface area contributed by atoms with Gasteiger partial charge in [-0.05, 0) is 56.2 Å². The van der Waals surface area contributed by atoms with Crippen molar-refractivity contribution < 1.29 is 17.9 Å². The normalized spacial score (nSPS) is 14.1. The summed E-state index contributed by atoms with van der Waals surface area (Å²) in [7, 11) is 3.86. The maximum atomic E-state index is 12.4. The number of imidazole rings is 1. The Labute approximate surface area is 166 Å². The van der Waals surface area contributed by atoms with Crippen molar-refractivity contribution in [2.24, 2.45) is 0 Å². The molecule has 0 spiro atoms. The van der Waals surface area contributed by atoms with E-state index in [4.69, 9.17) is 4.98 Å². The van der Waals surface area contributed by atoms with E-state index in [0.717, 1.165) is 47.0 Å². The van der Waals surface area contributed by atoms with Gasteiger partial charge in [0.25, 0.3) is 0 Å². The summed E-state index contributed by atoms with van der Waals surface area (Å²) in [5.74, 6) is 1.36. The van der Waals surface area contributed by atoms with E-state index in [1.54, 1.807) is 18.3 Å². The minimum Gasteiger partial charge on any atom is -0.406 e. The number of alkyl halides is 3. The fourth-order valence-electron chi connectivity index (χ4n) is 3.37. The average Bonchev–Trinajstić information content (AvgIpc) is 3.44. The van der Waals surface area contributed by atoms with Gasteiger partial charge in [-0.2, -0.15) is 0 Å². The molecular formula is C21H21F3N4O. The van der Waals surface area contributed by atoms with Gasteiger partial charge in [-0.1, -0.05) is 0 Å². The van der Waals surface area contributed by atoms with Crippen molar-refractivity contribution in [3.63, 3.8) is 0 Å². The van der Waals surface area contributed by atoms with Crippen molar-refractivity contribution in [1.82, 2.24) is 14.5 Å². The number of benzene rings is 1. The average molecular weight is 402 g/mol. The van der Waals surface area contributed by atoms with Gasteiger partial charge in [0.2, 0.25) is 0 Å². The van der Waals surface area contributed by atoms with Gasteiger partial charge in [-0.25, -0.2) is 9.97 Å². The predicted molar refractivity (Wildman–Crippen MR) is 105 cm³/mol. The van der Waals surface area contributed by atoms with E-state index in [1.165, 1.54) is 12.1 Å². The van der Waals surface area contributed by atoms with Gasteiger partial charge in [0.1, 0.15) is 17.4 Å². The maximum absolute atomic E-state index is 12.4. The van der Waals surface area contributed by atoms with Gasteiger partial charge >= 0.3 is 6.36 Å². The smallest absolute Gasteiger partial charge is 0.406 e. The molecule has 5 nitrogen and oxygen atoms in total. The molecule has 3 aromatic rings. The maximum Gasteiger partial charge on any atom is 0.573 e. The first-order valence-electron chi connectivity index (χ1n) is 9.31. The number of ether oxygens (including phenoxy) is 1. The minimum absolute atomic E-state index is 0.244. The number of nitrogens with zero attached hydrogens (tertiary/aromatic N) is 4. The lowest BCUT2D eigenvalue weighted by Crippen LogP contribution is -2.16. The molecule has 0 aliphatic heterocycles. The van der Waals surface area contributed by atoms with E-state index in [0.29, 0.717) is 6.04 Å². The van der Waals surface area contributed by atoms with Crippen LogP contribution in [0.5, 0.6) is 5.75 Å². The first-order chi connectivity index (χ1) is 13.7. The number of aromatic nitrogens is 3. The molecule has 0 atom stereocenters. The lowest BCUT2D eigenvalue weighted by atomic mass is 10.2. The molecule has 8 heteroatoms. The van der Waals surface area contributed by atoms with Crippen LogP contribution in [-0.4, -0.2) is 35.0 Å². The van der Waals surface area contributed by atoms with Crippen molar-refractivity contribution in [1.29, 1.82) is 0 Å². The van der Waals surface area contributed by atoms with Crippen molar-refractivity contribution in [2.75, 3.05) is 19.0 Å². The number of hydrogen-bond donors (Lipinski definition) is 0. The van der Waals surface area contributed by atoms with Crippen molar-refractivity contribution in [3.05, 3.63) is 48.3 Å². The van der Waals surface area contributed by atoms with Crippen LogP contribution >= 0.6 is 0 Å². The lowest BCUT2D eigenvalue weighted by molar-refractivity contribution is -0.274. The topological polar surface area (TPSA) is 43.2 Å². The zero-order valence-corrected chi connectivity index (χ0v) is 16.4. The van der Waals surface area contributed by atoms with Gasteiger partial charge in [0.05, 0.1) is 5.69 Å². The minimum atomic E-state index is -4.70. The van der Waals surface area contributed by atoms with Crippen LogP contribution in [0.2, 0.25) is 0 Å². The molecule has 0 N–H and O–H groups in total. The molecule has 29 heavy (non-hydrogen) atoms. The summed E-state index contributed by atoms with van der Waals surface area (Å²) < 4.78 is 43.4. The highest BCUT2D eigenvalue weighted by molar-refractivity contribution is 5.69. The second-order valence-electron chi connectivity index (χ2n) is 7.34. The molecular weight excluding hydrogens is 381 g/mol. The van der Waals surface area contributed by atoms with E-state index >= 15 is 0 Å². The Hall–Kier alpha value is -3.03. The van der Waals surface area contributed by atoms with Crippen LogP contribution < -0.4 is 9.64 Å². The molecule has 0 amide bonds. The zero-order chi connectivity index (χ0) is 20.8. The highest BCUT2D eigenvalue weighted by atomic mass is 19.4. The summed E-state index contributed by atoms with van der Waals surface area (Å²) in [6.45, 7) is 2.02. The predicted octanol–water partition coefficient (Wildman–Crippen LogP) is 5.22. The summed E-state index contributed by atoms with van der Waals surface area (Å²) in [6, 6.07) is 10.1. The fraction of sp³-hybridized carbons (Fsp3) is 0.333. The summed E-state index contributed by atoms with van der Waals surface area (Å²) in [5.41, 5.74) is 3.52. The molecule has 2 aromatic heterocycles. The SMILES string of the molecule is Cc1c(-c2ccc(N(C)C)nc2)nc(-c2ccc(OC(F)(F)F)cc2)n1C1CC1. The third kappa shape index (κ3) is 4.06. The van der Waals surface area contributed by atoms with Crippen LogP contribution in [0.15, 0.2) is 42.6 Å². The van der Waals surface area contributed by atoms with Crippen molar-refractivity contribution >= 4 is 5.82 Å². The van der Waals surface area contributed by atoms with Crippen LogP contribution in [-0.2, 0) is 0 Å². The first kappa shape index (κ1) is 19.3. The molecule has 1 aliphatic carbocycles. The summed E-state index contributed by atoms with van der Waals surface area (Å²) >= 11 is 0. The largest absolute Gasteiger partial charge is 0.573 e. The molecule has 0 bridgehead atoms.